The lowest BCUT2D eigenvalue weighted by molar-refractivity contribution is 0.191. The summed E-state index contributed by atoms with van der Waals surface area (Å²) in [5.74, 6) is 1.32. The standard InChI is InChI=1S/C13H21NO2/c1-10(8-14-9-11(2)15)12-4-6-13(16-3)7-5-12/h4-7,10-11,14-15H,8-9H2,1-3H3/t10?,11-/m1/s1. The number of hydrogen-bond acceptors (Lipinski definition) is 3. The number of methoxy groups -OCH3 is 1. The van der Waals surface area contributed by atoms with Crippen LogP contribution in [-0.4, -0.2) is 31.4 Å². The van der Waals surface area contributed by atoms with Crippen LogP contribution in [0, 0.1) is 0 Å². The Balaban J connectivity index is 2.43. The van der Waals surface area contributed by atoms with E-state index >= 15 is 0 Å². The first-order chi connectivity index (χ1) is 7.63. The average molecular weight is 223 g/mol. The van der Waals surface area contributed by atoms with Crippen molar-refractivity contribution in [3.05, 3.63) is 29.8 Å². The van der Waals surface area contributed by atoms with Crippen LogP contribution in [0.4, 0.5) is 0 Å². The van der Waals surface area contributed by atoms with Gasteiger partial charge in [0.2, 0.25) is 0 Å². The lowest BCUT2D eigenvalue weighted by Gasteiger charge is -2.14. The van der Waals surface area contributed by atoms with Crippen LogP contribution in [0.2, 0.25) is 0 Å². The third kappa shape index (κ3) is 4.21. The third-order valence-electron chi connectivity index (χ3n) is 2.58. The molecule has 0 saturated carbocycles. The van der Waals surface area contributed by atoms with Gasteiger partial charge in [-0.1, -0.05) is 19.1 Å². The van der Waals surface area contributed by atoms with Crippen LogP contribution < -0.4 is 10.1 Å². The molecule has 16 heavy (non-hydrogen) atoms. The molecule has 90 valence electrons. The fourth-order valence-electron chi connectivity index (χ4n) is 1.56. The second kappa shape index (κ2) is 6.51. The summed E-state index contributed by atoms with van der Waals surface area (Å²) in [6, 6.07) is 8.10. The Bertz CT molecular complexity index is 295. The summed E-state index contributed by atoms with van der Waals surface area (Å²) < 4.78 is 5.11. The van der Waals surface area contributed by atoms with E-state index in [1.54, 1.807) is 14.0 Å². The van der Waals surface area contributed by atoms with E-state index < -0.39 is 0 Å². The van der Waals surface area contributed by atoms with Crippen molar-refractivity contribution in [2.45, 2.75) is 25.9 Å². The van der Waals surface area contributed by atoms with E-state index in [0.29, 0.717) is 12.5 Å². The summed E-state index contributed by atoms with van der Waals surface area (Å²) >= 11 is 0. The molecule has 0 amide bonds. The van der Waals surface area contributed by atoms with Gasteiger partial charge in [0.25, 0.3) is 0 Å². The minimum atomic E-state index is -0.289. The zero-order valence-electron chi connectivity index (χ0n) is 10.2. The monoisotopic (exact) mass is 223 g/mol. The van der Waals surface area contributed by atoms with Gasteiger partial charge in [-0.15, -0.1) is 0 Å². The predicted octanol–water partition coefficient (Wildman–Crippen LogP) is 1.77. The highest BCUT2D eigenvalue weighted by Crippen LogP contribution is 2.18. The number of aliphatic hydroxyl groups excluding tert-OH is 1. The molecule has 0 radical (unpaired) electrons. The lowest BCUT2D eigenvalue weighted by Crippen LogP contribution is -2.27. The molecule has 1 rings (SSSR count). The summed E-state index contributed by atoms with van der Waals surface area (Å²) in [6.07, 6.45) is -0.289. The Labute approximate surface area is 97.4 Å². The number of rotatable bonds is 6. The van der Waals surface area contributed by atoms with E-state index in [1.165, 1.54) is 5.56 Å². The van der Waals surface area contributed by atoms with Gasteiger partial charge in [-0.25, -0.2) is 0 Å². The molecule has 3 heteroatoms. The van der Waals surface area contributed by atoms with Gasteiger partial charge in [0, 0.05) is 13.1 Å². The Morgan fingerprint density at radius 1 is 1.19 bits per heavy atom. The molecule has 1 unspecified atom stereocenters. The highest BCUT2D eigenvalue weighted by molar-refractivity contribution is 5.29. The molecule has 3 nitrogen and oxygen atoms in total. The topological polar surface area (TPSA) is 41.5 Å². The van der Waals surface area contributed by atoms with Gasteiger partial charge in [-0.05, 0) is 30.5 Å². The maximum Gasteiger partial charge on any atom is 0.118 e. The Morgan fingerprint density at radius 2 is 1.81 bits per heavy atom. The van der Waals surface area contributed by atoms with Crippen LogP contribution in [0.1, 0.15) is 25.3 Å². The molecule has 0 heterocycles. The fourth-order valence-corrected chi connectivity index (χ4v) is 1.56. The van der Waals surface area contributed by atoms with Crippen molar-refractivity contribution in [2.75, 3.05) is 20.2 Å². The first-order valence-corrected chi connectivity index (χ1v) is 5.66. The molecule has 0 aromatic heterocycles. The van der Waals surface area contributed by atoms with Crippen molar-refractivity contribution in [3.63, 3.8) is 0 Å². The molecule has 1 aromatic carbocycles. The van der Waals surface area contributed by atoms with Gasteiger partial charge in [-0.2, -0.15) is 0 Å². The number of hydrogen-bond donors (Lipinski definition) is 2. The summed E-state index contributed by atoms with van der Waals surface area (Å²) in [4.78, 5) is 0. The molecule has 2 N–H and O–H groups in total. The molecular formula is C13H21NO2. The van der Waals surface area contributed by atoms with Crippen molar-refractivity contribution >= 4 is 0 Å². The largest absolute Gasteiger partial charge is 0.497 e. The minimum Gasteiger partial charge on any atom is -0.497 e. The lowest BCUT2D eigenvalue weighted by atomic mass is 10.0. The van der Waals surface area contributed by atoms with E-state index in [9.17, 15) is 0 Å². The Morgan fingerprint density at radius 3 is 2.31 bits per heavy atom. The molecular weight excluding hydrogens is 202 g/mol. The van der Waals surface area contributed by atoms with Gasteiger partial charge >= 0.3 is 0 Å². The second-order valence-corrected chi connectivity index (χ2v) is 4.18. The van der Waals surface area contributed by atoms with Crippen molar-refractivity contribution in [2.24, 2.45) is 0 Å². The van der Waals surface area contributed by atoms with Crippen molar-refractivity contribution in [3.8, 4) is 5.75 Å². The first kappa shape index (κ1) is 13.0. The molecule has 0 saturated heterocycles. The average Bonchev–Trinajstić information content (AvgIpc) is 2.28. The van der Waals surface area contributed by atoms with E-state index in [4.69, 9.17) is 9.84 Å². The quantitative estimate of drug-likeness (QED) is 0.772. The van der Waals surface area contributed by atoms with Crippen molar-refractivity contribution in [1.29, 1.82) is 0 Å². The van der Waals surface area contributed by atoms with E-state index in [0.717, 1.165) is 12.3 Å². The van der Waals surface area contributed by atoms with E-state index in [1.807, 2.05) is 12.1 Å². The minimum absolute atomic E-state index is 0.289. The highest BCUT2D eigenvalue weighted by Gasteiger charge is 2.05. The second-order valence-electron chi connectivity index (χ2n) is 4.18. The van der Waals surface area contributed by atoms with E-state index in [2.05, 4.69) is 24.4 Å². The van der Waals surface area contributed by atoms with Gasteiger partial charge < -0.3 is 15.2 Å². The Hall–Kier alpha value is -1.06. The predicted molar refractivity (Wildman–Crippen MR) is 66.0 cm³/mol. The number of ether oxygens (including phenoxy) is 1. The van der Waals surface area contributed by atoms with Crippen molar-refractivity contribution in [1.82, 2.24) is 5.32 Å². The summed E-state index contributed by atoms with van der Waals surface area (Å²) in [7, 11) is 1.67. The molecule has 0 aliphatic carbocycles. The molecule has 0 aliphatic rings. The summed E-state index contributed by atoms with van der Waals surface area (Å²) in [5.41, 5.74) is 1.28. The van der Waals surface area contributed by atoms with Gasteiger partial charge in [0.05, 0.1) is 13.2 Å². The van der Waals surface area contributed by atoms with Gasteiger partial charge in [0.15, 0.2) is 0 Å². The first-order valence-electron chi connectivity index (χ1n) is 5.66. The van der Waals surface area contributed by atoms with Crippen LogP contribution in [0.3, 0.4) is 0 Å². The molecule has 0 aliphatic heterocycles. The SMILES string of the molecule is COc1ccc(C(C)CNC[C@@H](C)O)cc1. The Kier molecular flexibility index (Phi) is 5.29. The van der Waals surface area contributed by atoms with Crippen LogP contribution in [0.5, 0.6) is 5.75 Å². The molecule has 0 bridgehead atoms. The fraction of sp³-hybridized carbons (Fsp3) is 0.538. The number of benzene rings is 1. The smallest absolute Gasteiger partial charge is 0.118 e. The van der Waals surface area contributed by atoms with Gasteiger partial charge in [-0.3, -0.25) is 0 Å². The maximum absolute atomic E-state index is 9.13. The van der Waals surface area contributed by atoms with E-state index in [-0.39, 0.29) is 6.10 Å². The molecule has 0 fully saturated rings. The van der Waals surface area contributed by atoms with Gasteiger partial charge in [0.1, 0.15) is 5.75 Å². The zero-order chi connectivity index (χ0) is 12.0. The molecule has 0 spiro atoms. The summed E-state index contributed by atoms with van der Waals surface area (Å²) in [5, 5.41) is 12.4. The van der Waals surface area contributed by atoms with Crippen LogP contribution in [0.25, 0.3) is 0 Å². The molecule has 1 aromatic rings. The highest BCUT2D eigenvalue weighted by atomic mass is 16.5. The normalized spacial score (nSPS) is 14.5. The van der Waals surface area contributed by atoms with Crippen molar-refractivity contribution < 1.29 is 9.84 Å². The number of aliphatic hydroxyl groups is 1. The van der Waals surface area contributed by atoms with Crippen LogP contribution >= 0.6 is 0 Å². The third-order valence-corrected chi connectivity index (χ3v) is 2.58. The number of nitrogens with one attached hydrogen (secondary N) is 1. The van der Waals surface area contributed by atoms with Crippen LogP contribution in [-0.2, 0) is 0 Å². The zero-order valence-corrected chi connectivity index (χ0v) is 10.2. The maximum atomic E-state index is 9.13. The van der Waals surface area contributed by atoms with Crippen LogP contribution in [0.15, 0.2) is 24.3 Å². The molecule has 2 atom stereocenters. The summed E-state index contributed by atoms with van der Waals surface area (Å²) in [6.45, 7) is 5.46.